The first-order chi connectivity index (χ1) is 6.15. The Balaban J connectivity index is 2.68. The molecular formula is C7H17N5O. The van der Waals surface area contributed by atoms with E-state index in [1.807, 2.05) is 7.05 Å². The van der Waals surface area contributed by atoms with Gasteiger partial charge in [0.2, 0.25) is 0 Å². The zero-order valence-electron chi connectivity index (χ0n) is 7.82. The van der Waals surface area contributed by atoms with E-state index in [4.69, 9.17) is 16.7 Å². The first kappa shape index (κ1) is 10.1. The Morgan fingerprint density at radius 3 is 2.92 bits per heavy atom. The highest BCUT2D eigenvalue weighted by Gasteiger charge is 2.18. The van der Waals surface area contributed by atoms with Gasteiger partial charge in [0, 0.05) is 19.6 Å². The number of likely N-dealkylation sites (N-methyl/N-ethyl adjacent to an activating group) is 1. The Hall–Kier alpha value is -0.980. The predicted molar refractivity (Wildman–Crippen MR) is 49.8 cm³/mol. The molecule has 0 bridgehead atoms. The van der Waals surface area contributed by atoms with E-state index in [0.717, 1.165) is 18.8 Å². The van der Waals surface area contributed by atoms with Crippen molar-refractivity contribution in [1.29, 1.82) is 0 Å². The molecule has 13 heavy (non-hydrogen) atoms. The summed E-state index contributed by atoms with van der Waals surface area (Å²) in [5.74, 6) is 6.16. The lowest BCUT2D eigenvalue weighted by Gasteiger charge is -2.33. The monoisotopic (exact) mass is 187 g/mol. The first-order valence-electron chi connectivity index (χ1n) is 4.19. The molecule has 1 heterocycles. The molecule has 0 atom stereocenters. The summed E-state index contributed by atoms with van der Waals surface area (Å²) in [6.07, 6.45) is 0. The van der Waals surface area contributed by atoms with E-state index in [-0.39, 0.29) is 6.73 Å². The van der Waals surface area contributed by atoms with Gasteiger partial charge in [0.05, 0.1) is 5.70 Å². The molecule has 1 rings (SSSR count). The standard InChI is InChI=1S/C7H17N5O/c1-11-2-3-12(9)6(4-11)7(8)10-5-13/h10,13H,2-5,8-9H2,1H3/b7-6+. The van der Waals surface area contributed by atoms with Gasteiger partial charge in [0.15, 0.2) is 0 Å². The van der Waals surface area contributed by atoms with E-state index in [2.05, 4.69) is 10.2 Å². The first-order valence-corrected chi connectivity index (χ1v) is 4.19. The maximum Gasteiger partial charge on any atom is 0.120 e. The second-order valence-corrected chi connectivity index (χ2v) is 3.13. The van der Waals surface area contributed by atoms with Crippen LogP contribution >= 0.6 is 0 Å². The topological polar surface area (TPSA) is 90.8 Å². The number of hydrogen-bond donors (Lipinski definition) is 4. The lowest BCUT2D eigenvalue weighted by molar-refractivity contribution is 0.198. The normalized spacial score (nSPS) is 23.2. The smallest absolute Gasteiger partial charge is 0.120 e. The van der Waals surface area contributed by atoms with Crippen molar-refractivity contribution in [3.05, 3.63) is 11.5 Å². The summed E-state index contributed by atoms with van der Waals surface area (Å²) in [6.45, 7) is 2.20. The average Bonchev–Trinajstić information content (AvgIpc) is 2.09. The van der Waals surface area contributed by atoms with Gasteiger partial charge in [0.1, 0.15) is 12.6 Å². The molecule has 6 heteroatoms. The number of nitrogens with zero attached hydrogens (tertiary/aromatic N) is 2. The highest BCUT2D eigenvalue weighted by atomic mass is 16.3. The third-order valence-electron chi connectivity index (χ3n) is 2.07. The number of aliphatic hydroxyl groups excluding tert-OH is 1. The lowest BCUT2D eigenvalue weighted by Crippen LogP contribution is -2.48. The van der Waals surface area contributed by atoms with Gasteiger partial charge in [-0.2, -0.15) is 0 Å². The second-order valence-electron chi connectivity index (χ2n) is 3.13. The Bertz CT molecular complexity index is 205. The van der Waals surface area contributed by atoms with Crippen molar-refractivity contribution < 1.29 is 5.11 Å². The van der Waals surface area contributed by atoms with Crippen LogP contribution in [0.3, 0.4) is 0 Å². The summed E-state index contributed by atoms with van der Waals surface area (Å²) in [7, 11) is 2.00. The van der Waals surface area contributed by atoms with Crippen molar-refractivity contribution in [3.8, 4) is 0 Å². The number of hydrazine groups is 1. The van der Waals surface area contributed by atoms with E-state index in [1.54, 1.807) is 5.01 Å². The molecule has 1 saturated heterocycles. The van der Waals surface area contributed by atoms with E-state index in [9.17, 15) is 0 Å². The maximum atomic E-state index is 8.62. The minimum absolute atomic E-state index is 0.174. The predicted octanol–water partition coefficient (Wildman–Crippen LogP) is -2.23. The third-order valence-corrected chi connectivity index (χ3v) is 2.07. The van der Waals surface area contributed by atoms with Crippen molar-refractivity contribution in [2.75, 3.05) is 33.4 Å². The molecule has 0 aromatic carbocycles. The van der Waals surface area contributed by atoms with Crippen LogP contribution in [0.4, 0.5) is 0 Å². The van der Waals surface area contributed by atoms with Gasteiger partial charge in [-0.25, -0.2) is 5.84 Å². The Labute approximate surface area is 77.7 Å². The van der Waals surface area contributed by atoms with Gasteiger partial charge in [0.25, 0.3) is 0 Å². The maximum absolute atomic E-state index is 8.62. The third kappa shape index (κ3) is 2.48. The summed E-state index contributed by atoms with van der Waals surface area (Å²) in [6, 6.07) is 0. The summed E-state index contributed by atoms with van der Waals surface area (Å²) in [5.41, 5.74) is 6.49. The molecule has 76 valence electrons. The summed E-state index contributed by atoms with van der Waals surface area (Å²) in [5, 5.41) is 12.9. The number of hydrogen-bond acceptors (Lipinski definition) is 6. The average molecular weight is 187 g/mol. The molecule has 6 N–H and O–H groups in total. The molecule has 0 saturated carbocycles. The van der Waals surface area contributed by atoms with Crippen LogP contribution in [0.5, 0.6) is 0 Å². The van der Waals surface area contributed by atoms with Crippen LogP contribution in [0, 0.1) is 0 Å². The molecule has 0 aromatic heterocycles. The number of piperazine rings is 1. The fourth-order valence-corrected chi connectivity index (χ4v) is 1.27. The van der Waals surface area contributed by atoms with Crippen molar-refractivity contribution >= 4 is 0 Å². The van der Waals surface area contributed by atoms with Crippen LogP contribution in [-0.2, 0) is 0 Å². The molecule has 0 amide bonds. The minimum Gasteiger partial charge on any atom is -0.384 e. The van der Waals surface area contributed by atoms with Crippen LogP contribution < -0.4 is 16.9 Å². The quantitative estimate of drug-likeness (QED) is 0.289. The fourth-order valence-electron chi connectivity index (χ4n) is 1.27. The van der Waals surface area contributed by atoms with E-state index < -0.39 is 0 Å². The molecule has 0 spiro atoms. The number of nitrogens with two attached hydrogens (primary N) is 2. The molecule has 0 unspecified atom stereocenters. The van der Waals surface area contributed by atoms with Crippen LogP contribution in [0.25, 0.3) is 0 Å². The summed E-state index contributed by atoms with van der Waals surface area (Å²) >= 11 is 0. The Morgan fingerprint density at radius 2 is 2.31 bits per heavy atom. The SMILES string of the molecule is CN1CCN(N)/C(=C(\N)NCO)C1. The van der Waals surface area contributed by atoms with Crippen molar-refractivity contribution in [1.82, 2.24) is 15.2 Å². The van der Waals surface area contributed by atoms with Gasteiger partial charge in [-0.1, -0.05) is 0 Å². The van der Waals surface area contributed by atoms with Crippen molar-refractivity contribution in [2.24, 2.45) is 11.6 Å². The van der Waals surface area contributed by atoms with E-state index in [1.165, 1.54) is 0 Å². The number of aliphatic hydroxyl groups is 1. The van der Waals surface area contributed by atoms with Crippen molar-refractivity contribution in [3.63, 3.8) is 0 Å². The van der Waals surface area contributed by atoms with Gasteiger partial charge >= 0.3 is 0 Å². The molecule has 0 aromatic rings. The van der Waals surface area contributed by atoms with Gasteiger partial charge in [-0.15, -0.1) is 0 Å². The second kappa shape index (κ2) is 4.31. The molecule has 1 fully saturated rings. The van der Waals surface area contributed by atoms with Crippen LogP contribution in [0.1, 0.15) is 0 Å². The zero-order chi connectivity index (χ0) is 9.84. The molecular weight excluding hydrogens is 170 g/mol. The molecule has 1 aliphatic heterocycles. The van der Waals surface area contributed by atoms with Gasteiger partial charge in [-0.3, -0.25) is 4.90 Å². The van der Waals surface area contributed by atoms with Crippen LogP contribution in [-0.4, -0.2) is 48.4 Å². The van der Waals surface area contributed by atoms with Gasteiger partial charge < -0.3 is 21.2 Å². The molecule has 6 nitrogen and oxygen atoms in total. The van der Waals surface area contributed by atoms with Crippen LogP contribution in [0.2, 0.25) is 0 Å². The molecule has 1 aliphatic rings. The number of nitrogens with one attached hydrogen (secondary N) is 1. The van der Waals surface area contributed by atoms with E-state index >= 15 is 0 Å². The summed E-state index contributed by atoms with van der Waals surface area (Å²) in [4.78, 5) is 2.12. The number of rotatable bonds is 2. The zero-order valence-corrected chi connectivity index (χ0v) is 7.82. The van der Waals surface area contributed by atoms with Gasteiger partial charge in [-0.05, 0) is 7.05 Å². The molecule has 0 aliphatic carbocycles. The minimum atomic E-state index is -0.174. The Morgan fingerprint density at radius 1 is 1.62 bits per heavy atom. The highest BCUT2D eigenvalue weighted by Crippen LogP contribution is 2.08. The Kier molecular flexibility index (Phi) is 3.35. The largest absolute Gasteiger partial charge is 0.384 e. The lowest BCUT2D eigenvalue weighted by atomic mass is 10.3. The summed E-state index contributed by atoms with van der Waals surface area (Å²) < 4.78 is 0. The van der Waals surface area contributed by atoms with Crippen molar-refractivity contribution in [2.45, 2.75) is 0 Å². The fraction of sp³-hybridized carbons (Fsp3) is 0.714. The molecule has 0 radical (unpaired) electrons. The van der Waals surface area contributed by atoms with Crippen LogP contribution in [0.15, 0.2) is 11.5 Å². The highest BCUT2D eigenvalue weighted by molar-refractivity contribution is 5.11. The van der Waals surface area contributed by atoms with E-state index in [0.29, 0.717) is 12.4 Å².